The Morgan fingerprint density at radius 2 is 2.07 bits per heavy atom. The summed E-state index contributed by atoms with van der Waals surface area (Å²) in [7, 11) is 0. The van der Waals surface area contributed by atoms with Crippen molar-refractivity contribution in [2.45, 2.75) is 0 Å². The first-order chi connectivity index (χ1) is 7.45. The van der Waals surface area contributed by atoms with E-state index < -0.39 is 0 Å². The fourth-order valence-electron chi connectivity index (χ4n) is 1.77. The molecular weight excluding hydrogens is 186 g/mol. The smallest absolute Gasteiger partial charge is 0.0565 e. The van der Waals surface area contributed by atoms with Gasteiger partial charge in [-0.15, -0.1) is 0 Å². The lowest BCUT2D eigenvalue weighted by Gasteiger charge is -2.02. The Balaban J connectivity index is 2.36. The van der Waals surface area contributed by atoms with Crippen LogP contribution in [0.1, 0.15) is 0 Å². The Bertz CT molecular complexity index is 579. The zero-order valence-electron chi connectivity index (χ0n) is 8.01. The fourth-order valence-corrected chi connectivity index (χ4v) is 1.77. The molecule has 0 aliphatic heterocycles. The van der Waals surface area contributed by atoms with Crippen molar-refractivity contribution in [3.8, 4) is 11.1 Å². The average molecular weight is 195 g/mol. The van der Waals surface area contributed by atoms with E-state index in [9.17, 15) is 0 Å². The topological polar surface area (TPSA) is 41.6 Å². The van der Waals surface area contributed by atoms with Crippen LogP contribution < -0.4 is 0 Å². The lowest BCUT2D eigenvalue weighted by molar-refractivity contribution is 1.09. The molecule has 72 valence electrons. The van der Waals surface area contributed by atoms with E-state index in [2.05, 4.69) is 27.3 Å². The summed E-state index contributed by atoms with van der Waals surface area (Å²) < 4.78 is 0. The monoisotopic (exact) mass is 195 g/mol. The molecule has 15 heavy (non-hydrogen) atoms. The molecule has 0 atom stereocenters. The van der Waals surface area contributed by atoms with Crippen LogP contribution in [0.5, 0.6) is 0 Å². The molecule has 3 nitrogen and oxygen atoms in total. The minimum absolute atomic E-state index is 1.10. The van der Waals surface area contributed by atoms with Gasteiger partial charge in [-0.3, -0.25) is 10.1 Å². The Labute approximate surface area is 86.8 Å². The third-order valence-electron chi connectivity index (χ3n) is 2.49. The molecule has 2 aromatic heterocycles. The summed E-state index contributed by atoms with van der Waals surface area (Å²) in [5.41, 5.74) is 2.29. The Kier molecular flexibility index (Phi) is 1.75. The summed E-state index contributed by atoms with van der Waals surface area (Å²) in [4.78, 5) is 4.11. The van der Waals surface area contributed by atoms with Crippen LogP contribution >= 0.6 is 0 Å². The van der Waals surface area contributed by atoms with Gasteiger partial charge in [-0.1, -0.05) is 18.2 Å². The van der Waals surface area contributed by atoms with E-state index in [1.807, 2.05) is 36.9 Å². The highest BCUT2D eigenvalue weighted by molar-refractivity contribution is 5.95. The lowest BCUT2D eigenvalue weighted by Crippen LogP contribution is -1.80. The van der Waals surface area contributed by atoms with E-state index in [0.29, 0.717) is 0 Å². The first-order valence-corrected chi connectivity index (χ1v) is 4.77. The summed E-state index contributed by atoms with van der Waals surface area (Å²) in [6, 6.07) is 8.21. The minimum Gasteiger partial charge on any atom is -0.285 e. The minimum atomic E-state index is 1.10. The summed E-state index contributed by atoms with van der Waals surface area (Å²) in [6.45, 7) is 0. The number of nitrogens with one attached hydrogen (secondary N) is 1. The van der Waals surface area contributed by atoms with E-state index in [1.54, 1.807) is 0 Å². The summed E-state index contributed by atoms with van der Waals surface area (Å²) in [5.74, 6) is 0. The van der Waals surface area contributed by atoms with E-state index >= 15 is 0 Å². The highest BCUT2D eigenvalue weighted by Crippen LogP contribution is 2.26. The van der Waals surface area contributed by atoms with Crippen LogP contribution in [0.15, 0.2) is 49.1 Å². The number of fused-ring (bicyclic) bond motifs is 1. The van der Waals surface area contributed by atoms with Gasteiger partial charge in [0.25, 0.3) is 0 Å². The molecule has 0 aliphatic carbocycles. The number of H-pyrrole nitrogens is 1. The molecule has 0 saturated heterocycles. The second-order valence-corrected chi connectivity index (χ2v) is 3.39. The third kappa shape index (κ3) is 1.29. The highest BCUT2D eigenvalue weighted by atomic mass is 15.1. The van der Waals surface area contributed by atoms with Crippen molar-refractivity contribution in [1.82, 2.24) is 15.2 Å². The van der Waals surface area contributed by atoms with Crippen LogP contribution in [-0.4, -0.2) is 15.2 Å². The second kappa shape index (κ2) is 3.20. The van der Waals surface area contributed by atoms with Gasteiger partial charge in [-0.2, -0.15) is 5.10 Å². The lowest BCUT2D eigenvalue weighted by atomic mass is 10.0. The van der Waals surface area contributed by atoms with Crippen molar-refractivity contribution >= 4 is 10.8 Å². The van der Waals surface area contributed by atoms with Crippen LogP contribution in [0.25, 0.3) is 21.9 Å². The van der Waals surface area contributed by atoms with Gasteiger partial charge in [0.15, 0.2) is 0 Å². The largest absolute Gasteiger partial charge is 0.285 e. The fraction of sp³-hybridized carbons (Fsp3) is 0. The molecule has 0 amide bonds. The number of hydrogen-bond acceptors (Lipinski definition) is 2. The standard InChI is InChI=1S/C12H9N3/c1-2-9-6-13-5-4-12(9)11(3-1)10-7-14-15-8-10/h1-8H,(H,14,15). The van der Waals surface area contributed by atoms with Gasteiger partial charge in [-0.25, -0.2) is 0 Å². The van der Waals surface area contributed by atoms with Gasteiger partial charge >= 0.3 is 0 Å². The summed E-state index contributed by atoms with van der Waals surface area (Å²) in [5, 5.41) is 9.14. The quantitative estimate of drug-likeness (QED) is 0.648. The Hall–Kier alpha value is -2.16. The number of hydrogen-bond donors (Lipinski definition) is 1. The van der Waals surface area contributed by atoms with Crippen molar-refractivity contribution in [3.63, 3.8) is 0 Å². The molecule has 0 radical (unpaired) electrons. The van der Waals surface area contributed by atoms with Gasteiger partial charge < -0.3 is 0 Å². The number of rotatable bonds is 1. The molecule has 2 heterocycles. The highest BCUT2D eigenvalue weighted by Gasteiger charge is 2.03. The summed E-state index contributed by atoms with van der Waals surface area (Å²) in [6.07, 6.45) is 7.41. The maximum atomic E-state index is 4.11. The van der Waals surface area contributed by atoms with Crippen molar-refractivity contribution in [2.24, 2.45) is 0 Å². The molecule has 0 unspecified atom stereocenters. The molecule has 3 heteroatoms. The van der Waals surface area contributed by atoms with Crippen LogP contribution in [0.2, 0.25) is 0 Å². The molecule has 3 rings (SSSR count). The molecular formula is C12H9N3. The molecule has 1 N–H and O–H groups in total. The molecule has 0 bridgehead atoms. The Morgan fingerprint density at radius 3 is 2.93 bits per heavy atom. The maximum absolute atomic E-state index is 4.11. The van der Waals surface area contributed by atoms with Crippen molar-refractivity contribution < 1.29 is 0 Å². The van der Waals surface area contributed by atoms with Gasteiger partial charge in [0, 0.05) is 29.5 Å². The molecule has 3 aromatic rings. The zero-order valence-corrected chi connectivity index (χ0v) is 8.01. The average Bonchev–Trinajstić information content (AvgIpc) is 2.82. The van der Waals surface area contributed by atoms with Gasteiger partial charge in [-0.05, 0) is 17.0 Å². The number of aromatic nitrogens is 3. The SMILES string of the molecule is c1cc(-c2cn[nH]c2)c2ccncc2c1. The molecule has 0 saturated carbocycles. The maximum Gasteiger partial charge on any atom is 0.0565 e. The Morgan fingerprint density at radius 1 is 1.07 bits per heavy atom. The first kappa shape index (κ1) is 8.17. The molecule has 1 aromatic carbocycles. The third-order valence-corrected chi connectivity index (χ3v) is 2.49. The number of aromatic amines is 1. The molecule has 0 fully saturated rings. The second-order valence-electron chi connectivity index (χ2n) is 3.39. The predicted molar refractivity (Wildman–Crippen MR) is 59.3 cm³/mol. The normalized spacial score (nSPS) is 10.7. The van der Waals surface area contributed by atoms with Gasteiger partial charge in [0.1, 0.15) is 0 Å². The van der Waals surface area contributed by atoms with Crippen LogP contribution in [-0.2, 0) is 0 Å². The first-order valence-electron chi connectivity index (χ1n) is 4.77. The van der Waals surface area contributed by atoms with Crippen molar-refractivity contribution in [2.75, 3.05) is 0 Å². The van der Waals surface area contributed by atoms with Crippen molar-refractivity contribution in [1.29, 1.82) is 0 Å². The molecule has 0 aliphatic rings. The van der Waals surface area contributed by atoms with Gasteiger partial charge in [0.05, 0.1) is 6.20 Å². The number of pyridine rings is 1. The van der Waals surface area contributed by atoms with Crippen molar-refractivity contribution in [3.05, 3.63) is 49.1 Å². The summed E-state index contributed by atoms with van der Waals surface area (Å²) >= 11 is 0. The van der Waals surface area contributed by atoms with E-state index in [4.69, 9.17) is 0 Å². The van der Waals surface area contributed by atoms with Crippen LogP contribution in [0.4, 0.5) is 0 Å². The van der Waals surface area contributed by atoms with Gasteiger partial charge in [0.2, 0.25) is 0 Å². The van der Waals surface area contributed by atoms with E-state index in [0.717, 1.165) is 10.9 Å². The van der Waals surface area contributed by atoms with Crippen LogP contribution in [0.3, 0.4) is 0 Å². The van der Waals surface area contributed by atoms with Crippen LogP contribution in [0, 0.1) is 0 Å². The zero-order chi connectivity index (χ0) is 10.1. The van der Waals surface area contributed by atoms with E-state index in [1.165, 1.54) is 10.9 Å². The molecule has 0 spiro atoms. The number of nitrogens with zero attached hydrogens (tertiary/aromatic N) is 2. The predicted octanol–water partition coefficient (Wildman–Crippen LogP) is 2.62. The number of benzene rings is 1. The van der Waals surface area contributed by atoms with E-state index in [-0.39, 0.29) is 0 Å².